The molecule has 0 radical (unpaired) electrons. The number of amides is 1. The minimum Gasteiger partial charge on any atom is -0.497 e. The van der Waals surface area contributed by atoms with Crippen LogP contribution in [0.5, 0.6) is 5.75 Å². The second-order valence-corrected chi connectivity index (χ2v) is 9.28. The third kappa shape index (κ3) is 5.03. The van der Waals surface area contributed by atoms with Gasteiger partial charge in [-0.05, 0) is 48.2 Å². The highest BCUT2D eigenvalue weighted by Gasteiger charge is 2.39. The number of aromatic nitrogens is 6. The van der Waals surface area contributed by atoms with Crippen molar-refractivity contribution in [2.75, 3.05) is 13.7 Å². The van der Waals surface area contributed by atoms with Crippen LogP contribution in [0.4, 0.5) is 13.2 Å². The fourth-order valence-electron chi connectivity index (χ4n) is 4.80. The number of halogens is 3. The summed E-state index contributed by atoms with van der Waals surface area (Å²) in [7, 11) is 3.17. The first-order chi connectivity index (χ1) is 18.6. The van der Waals surface area contributed by atoms with Gasteiger partial charge in [0.1, 0.15) is 12.1 Å². The summed E-state index contributed by atoms with van der Waals surface area (Å²) in [5.74, 6) is 0.310. The maximum atomic E-state index is 14.1. The van der Waals surface area contributed by atoms with Gasteiger partial charge in [-0.1, -0.05) is 0 Å². The van der Waals surface area contributed by atoms with E-state index in [2.05, 4.69) is 15.2 Å². The predicted octanol–water partition coefficient (Wildman–Crippen LogP) is 3.25. The number of hydrogen-bond acceptors (Lipinski definition) is 6. The molecule has 3 aromatic heterocycles. The van der Waals surface area contributed by atoms with Crippen molar-refractivity contribution >= 4 is 5.91 Å². The number of aryl methyl sites for hydroxylation is 2. The standard InChI is InChI=1S/C26H27F3N8O2/c1-4-37-14-22(23(33-37)26(27,28)29)20-9-16(12-36-15-32-34(2)25(36)30)10-21-19(20)6-8-35(24(21)38)13-17-11-18(39-3)5-7-31-17/h5,7,9-11,14-15,30H,4,6,8,12-13H2,1-3H3. The Labute approximate surface area is 221 Å². The largest absolute Gasteiger partial charge is 0.497 e. The third-order valence-corrected chi connectivity index (χ3v) is 6.78. The van der Waals surface area contributed by atoms with Crippen LogP contribution in [0.3, 0.4) is 0 Å². The van der Waals surface area contributed by atoms with Gasteiger partial charge < -0.3 is 9.64 Å². The first kappa shape index (κ1) is 26.2. The van der Waals surface area contributed by atoms with Crippen LogP contribution in [-0.2, 0) is 39.3 Å². The molecule has 0 aliphatic carbocycles. The van der Waals surface area contributed by atoms with Gasteiger partial charge in [-0.15, -0.1) is 0 Å². The van der Waals surface area contributed by atoms with Gasteiger partial charge in [0.05, 0.1) is 25.9 Å². The van der Waals surface area contributed by atoms with Crippen LogP contribution in [-0.4, -0.2) is 53.6 Å². The van der Waals surface area contributed by atoms with E-state index in [0.717, 1.165) is 0 Å². The number of carbonyl (C=O) groups is 1. The van der Waals surface area contributed by atoms with E-state index in [9.17, 15) is 18.0 Å². The van der Waals surface area contributed by atoms with Gasteiger partial charge in [0.25, 0.3) is 5.91 Å². The molecule has 5 rings (SSSR count). The normalized spacial score (nSPS) is 13.6. The monoisotopic (exact) mass is 540 g/mol. The van der Waals surface area contributed by atoms with Crippen LogP contribution in [0.1, 0.15) is 39.8 Å². The lowest BCUT2D eigenvalue weighted by Crippen LogP contribution is -2.37. The summed E-state index contributed by atoms with van der Waals surface area (Å²) < 4.78 is 51.6. The topological polar surface area (TPSA) is 107 Å². The maximum absolute atomic E-state index is 14.1. The highest BCUT2D eigenvalue weighted by Crippen LogP contribution is 2.40. The van der Waals surface area contributed by atoms with Gasteiger partial charge >= 0.3 is 6.18 Å². The first-order valence-corrected chi connectivity index (χ1v) is 12.3. The maximum Gasteiger partial charge on any atom is 0.435 e. The molecule has 1 aromatic carbocycles. The number of alkyl halides is 3. The minimum absolute atomic E-state index is 0.0690. The molecular weight excluding hydrogens is 513 g/mol. The van der Waals surface area contributed by atoms with E-state index >= 15 is 0 Å². The number of hydrogen-bond donors (Lipinski definition) is 1. The Bertz CT molecular complexity index is 1600. The van der Waals surface area contributed by atoms with Crippen molar-refractivity contribution in [1.29, 1.82) is 5.41 Å². The molecule has 4 aromatic rings. The average Bonchev–Trinajstić information content (AvgIpc) is 3.49. The van der Waals surface area contributed by atoms with Crippen LogP contribution in [0.15, 0.2) is 43.0 Å². The number of ether oxygens (including phenoxy) is 1. The van der Waals surface area contributed by atoms with Gasteiger partial charge in [0.15, 0.2) is 5.69 Å². The summed E-state index contributed by atoms with van der Waals surface area (Å²) in [5.41, 5.74) is 1.44. The number of rotatable bonds is 7. The summed E-state index contributed by atoms with van der Waals surface area (Å²) in [4.78, 5) is 19.7. The summed E-state index contributed by atoms with van der Waals surface area (Å²) in [6.45, 7) is 2.67. The number of pyridine rings is 1. The molecule has 1 aliphatic heterocycles. The van der Waals surface area contributed by atoms with E-state index < -0.39 is 11.9 Å². The second-order valence-electron chi connectivity index (χ2n) is 9.28. The average molecular weight is 541 g/mol. The molecule has 4 heterocycles. The van der Waals surface area contributed by atoms with E-state index in [1.807, 2.05) is 0 Å². The Hall–Kier alpha value is -4.42. The van der Waals surface area contributed by atoms with Crippen LogP contribution >= 0.6 is 0 Å². The SMILES string of the molecule is CCn1cc(-c2cc(Cn3cnn(C)c3=N)cc3c2CCN(Cc2cc(OC)ccn2)C3=O)c(C(F)(F)F)n1. The first-order valence-electron chi connectivity index (χ1n) is 12.3. The van der Waals surface area contributed by atoms with E-state index in [4.69, 9.17) is 10.1 Å². The van der Waals surface area contributed by atoms with Crippen LogP contribution < -0.4 is 10.4 Å². The molecule has 0 bridgehead atoms. The van der Waals surface area contributed by atoms with E-state index in [1.165, 1.54) is 21.9 Å². The molecule has 0 saturated carbocycles. The number of carbonyl (C=O) groups excluding carboxylic acids is 1. The highest BCUT2D eigenvalue weighted by atomic mass is 19.4. The number of methoxy groups -OCH3 is 1. The molecular formula is C26H27F3N8O2. The van der Waals surface area contributed by atoms with Gasteiger partial charge in [-0.25, -0.2) is 4.68 Å². The number of benzene rings is 1. The second kappa shape index (κ2) is 10.0. The predicted molar refractivity (Wildman–Crippen MR) is 134 cm³/mol. The smallest absolute Gasteiger partial charge is 0.435 e. The zero-order chi connectivity index (χ0) is 27.9. The van der Waals surface area contributed by atoms with Crippen LogP contribution in [0, 0.1) is 5.41 Å². The molecule has 0 saturated heterocycles. The third-order valence-electron chi connectivity index (χ3n) is 6.78. The molecule has 1 N–H and O–H groups in total. The summed E-state index contributed by atoms with van der Waals surface area (Å²) >= 11 is 0. The Kier molecular flexibility index (Phi) is 6.74. The van der Waals surface area contributed by atoms with Crippen molar-refractivity contribution in [2.24, 2.45) is 7.05 Å². The molecule has 1 aliphatic rings. The van der Waals surface area contributed by atoms with Gasteiger partial charge in [0, 0.05) is 49.7 Å². The lowest BCUT2D eigenvalue weighted by molar-refractivity contribution is -0.141. The highest BCUT2D eigenvalue weighted by molar-refractivity contribution is 5.99. The van der Waals surface area contributed by atoms with Gasteiger partial charge in [-0.2, -0.15) is 23.4 Å². The molecule has 39 heavy (non-hydrogen) atoms. The van der Waals surface area contributed by atoms with Crippen molar-refractivity contribution in [3.8, 4) is 16.9 Å². The molecule has 10 nitrogen and oxygen atoms in total. The van der Waals surface area contributed by atoms with Crippen molar-refractivity contribution < 1.29 is 22.7 Å². The quantitative estimate of drug-likeness (QED) is 0.387. The lowest BCUT2D eigenvalue weighted by atomic mass is 9.88. The van der Waals surface area contributed by atoms with Crippen molar-refractivity contribution in [3.63, 3.8) is 0 Å². The number of nitrogens with one attached hydrogen (secondary N) is 1. The van der Waals surface area contributed by atoms with Crippen LogP contribution in [0.25, 0.3) is 11.1 Å². The van der Waals surface area contributed by atoms with Gasteiger partial charge in [-0.3, -0.25) is 24.4 Å². The van der Waals surface area contributed by atoms with E-state index in [0.29, 0.717) is 46.7 Å². The summed E-state index contributed by atoms with van der Waals surface area (Å²) in [5, 5.41) is 16.1. The zero-order valence-corrected chi connectivity index (χ0v) is 21.7. The zero-order valence-electron chi connectivity index (χ0n) is 21.7. The van der Waals surface area contributed by atoms with E-state index in [-0.39, 0.29) is 36.7 Å². The fourth-order valence-corrected chi connectivity index (χ4v) is 4.80. The Morgan fingerprint density at radius 1 is 1.13 bits per heavy atom. The van der Waals surface area contributed by atoms with Crippen molar-refractivity contribution in [2.45, 2.75) is 39.2 Å². The lowest BCUT2D eigenvalue weighted by Gasteiger charge is -2.30. The molecule has 0 unspecified atom stereocenters. The van der Waals surface area contributed by atoms with Crippen LogP contribution in [0.2, 0.25) is 0 Å². The molecule has 1 amide bonds. The Morgan fingerprint density at radius 2 is 1.90 bits per heavy atom. The molecule has 0 atom stereocenters. The minimum atomic E-state index is -4.67. The number of nitrogens with zero attached hydrogens (tertiary/aromatic N) is 7. The van der Waals surface area contributed by atoms with Crippen molar-refractivity contribution in [1.82, 2.24) is 34.0 Å². The summed E-state index contributed by atoms with van der Waals surface area (Å²) in [6, 6.07) is 6.81. The Morgan fingerprint density at radius 3 is 2.56 bits per heavy atom. The molecule has 0 spiro atoms. The Balaban J connectivity index is 1.62. The van der Waals surface area contributed by atoms with Gasteiger partial charge in [0.2, 0.25) is 5.62 Å². The molecule has 204 valence electrons. The number of fused-ring (bicyclic) bond motifs is 1. The molecule has 13 heteroatoms. The summed E-state index contributed by atoms with van der Waals surface area (Å²) in [6.07, 6.45) is 0.139. The van der Waals surface area contributed by atoms with E-state index in [1.54, 1.807) is 61.0 Å². The van der Waals surface area contributed by atoms with Crippen molar-refractivity contribution in [3.05, 3.63) is 76.7 Å². The fraction of sp³-hybridized carbons (Fsp3) is 0.346. The molecule has 0 fully saturated rings.